The Morgan fingerprint density at radius 3 is 2.62 bits per heavy atom. The van der Waals surface area contributed by atoms with Gasteiger partial charge in [-0.2, -0.15) is 0 Å². The Bertz CT molecular complexity index is 645. The number of benzene rings is 1. The molecule has 6 nitrogen and oxygen atoms in total. The molecule has 1 atom stereocenters. The summed E-state index contributed by atoms with van der Waals surface area (Å²) in [6.45, 7) is 0.304. The highest BCUT2D eigenvalue weighted by Crippen LogP contribution is 2.27. The number of methoxy groups -OCH3 is 1. The van der Waals surface area contributed by atoms with Crippen LogP contribution >= 0.6 is 10.7 Å². The predicted molar refractivity (Wildman–Crippen MR) is 81.7 cm³/mol. The first-order valence-electron chi connectivity index (χ1n) is 5.92. The summed E-state index contributed by atoms with van der Waals surface area (Å²) in [4.78, 5) is 11.5. The average Bonchev–Trinajstić information content (AvgIpc) is 2.37. The second-order valence-corrected chi connectivity index (χ2v) is 8.32. The Morgan fingerprint density at radius 1 is 1.43 bits per heavy atom. The summed E-state index contributed by atoms with van der Waals surface area (Å²) in [5.41, 5.74) is 0.491. The summed E-state index contributed by atoms with van der Waals surface area (Å²) in [5.74, 6) is 0.203. The second kappa shape index (κ2) is 7.77. The van der Waals surface area contributed by atoms with Gasteiger partial charge in [0, 0.05) is 40.0 Å². The summed E-state index contributed by atoms with van der Waals surface area (Å²) in [6.07, 6.45) is 1.55. The molecule has 0 bridgehead atoms. The lowest BCUT2D eigenvalue weighted by Crippen LogP contribution is -2.28. The molecule has 1 aromatic carbocycles. The van der Waals surface area contributed by atoms with Crippen molar-refractivity contribution in [3.63, 3.8) is 0 Å². The van der Waals surface area contributed by atoms with Gasteiger partial charge in [0.1, 0.15) is 10.6 Å². The van der Waals surface area contributed by atoms with E-state index in [0.717, 1.165) is 0 Å². The lowest BCUT2D eigenvalue weighted by molar-refractivity contribution is -0.120. The van der Waals surface area contributed by atoms with Crippen LogP contribution in [0.1, 0.15) is 5.56 Å². The molecule has 1 unspecified atom stereocenters. The fraction of sp³-hybridized carbons (Fsp3) is 0.417. The first-order chi connectivity index (χ1) is 9.74. The molecule has 0 aliphatic carbocycles. The van der Waals surface area contributed by atoms with Gasteiger partial charge < -0.3 is 10.1 Å². The maximum atomic E-state index is 11.7. The van der Waals surface area contributed by atoms with Crippen molar-refractivity contribution in [1.82, 2.24) is 5.32 Å². The third kappa shape index (κ3) is 6.03. The number of hydrogen-bond donors (Lipinski definition) is 1. The lowest BCUT2D eigenvalue weighted by Gasteiger charge is -2.09. The van der Waals surface area contributed by atoms with Gasteiger partial charge in [-0.05, 0) is 17.7 Å². The number of carbonyl (C=O) groups excluding carboxylic acids is 1. The van der Waals surface area contributed by atoms with Crippen LogP contribution in [0.4, 0.5) is 0 Å². The molecular formula is C12H16ClNO5S2. The number of halogens is 1. The molecule has 1 N–H and O–H groups in total. The standard InChI is InChI=1S/C12H16ClNO5S2/c1-19-10-4-3-9(7-11(10)21(13,17)18)8-12(15)14-5-6-20(2)16/h3-4,7H,5-6,8H2,1-2H3,(H,14,15). The van der Waals surface area contributed by atoms with Gasteiger partial charge in [0.2, 0.25) is 5.91 Å². The van der Waals surface area contributed by atoms with Gasteiger partial charge in [0.15, 0.2) is 0 Å². The average molecular weight is 354 g/mol. The number of ether oxygens (including phenoxy) is 1. The maximum absolute atomic E-state index is 11.7. The molecule has 1 aromatic rings. The second-order valence-electron chi connectivity index (χ2n) is 4.23. The minimum atomic E-state index is -3.96. The summed E-state index contributed by atoms with van der Waals surface area (Å²) in [6, 6.07) is 4.33. The molecule has 0 radical (unpaired) electrons. The Morgan fingerprint density at radius 2 is 2.10 bits per heavy atom. The monoisotopic (exact) mass is 353 g/mol. The molecule has 0 saturated carbocycles. The van der Waals surface area contributed by atoms with Crippen LogP contribution in [0.3, 0.4) is 0 Å². The molecule has 1 rings (SSSR count). The van der Waals surface area contributed by atoms with E-state index in [1.807, 2.05) is 0 Å². The van der Waals surface area contributed by atoms with Gasteiger partial charge in [-0.3, -0.25) is 9.00 Å². The smallest absolute Gasteiger partial charge is 0.264 e. The van der Waals surface area contributed by atoms with Crippen LogP contribution in [0.25, 0.3) is 0 Å². The van der Waals surface area contributed by atoms with Crippen LogP contribution in [-0.4, -0.2) is 44.2 Å². The van der Waals surface area contributed by atoms with Crippen molar-refractivity contribution in [2.24, 2.45) is 0 Å². The van der Waals surface area contributed by atoms with E-state index in [-0.39, 0.29) is 23.0 Å². The first kappa shape index (κ1) is 17.9. The van der Waals surface area contributed by atoms with Crippen LogP contribution in [0.15, 0.2) is 23.1 Å². The molecule has 1 amide bonds. The van der Waals surface area contributed by atoms with Crippen molar-refractivity contribution in [2.75, 3.05) is 25.7 Å². The minimum Gasteiger partial charge on any atom is -0.495 e. The SMILES string of the molecule is COc1ccc(CC(=O)NCCS(C)=O)cc1S(=O)(=O)Cl. The highest BCUT2D eigenvalue weighted by Gasteiger charge is 2.18. The van der Waals surface area contributed by atoms with Crippen LogP contribution in [0, 0.1) is 0 Å². The van der Waals surface area contributed by atoms with E-state index < -0.39 is 19.9 Å². The summed E-state index contributed by atoms with van der Waals surface area (Å²) in [7, 11) is 1.73. The van der Waals surface area contributed by atoms with Crippen LogP contribution in [0.2, 0.25) is 0 Å². The Labute approximate surface area is 130 Å². The molecule has 0 heterocycles. The highest BCUT2D eigenvalue weighted by molar-refractivity contribution is 8.13. The lowest BCUT2D eigenvalue weighted by atomic mass is 10.1. The quantitative estimate of drug-likeness (QED) is 0.727. The van der Waals surface area contributed by atoms with Gasteiger partial charge >= 0.3 is 0 Å². The van der Waals surface area contributed by atoms with Crippen molar-refractivity contribution in [2.45, 2.75) is 11.3 Å². The molecule has 21 heavy (non-hydrogen) atoms. The zero-order valence-corrected chi connectivity index (χ0v) is 14.0. The molecule has 0 aromatic heterocycles. The third-order valence-corrected chi connectivity index (χ3v) is 4.69. The van der Waals surface area contributed by atoms with Gasteiger partial charge in [-0.1, -0.05) is 6.07 Å². The van der Waals surface area contributed by atoms with E-state index in [1.54, 1.807) is 12.3 Å². The zero-order chi connectivity index (χ0) is 16.0. The molecular weight excluding hydrogens is 338 g/mol. The molecule has 118 valence electrons. The number of amides is 1. The van der Waals surface area contributed by atoms with Crippen LogP contribution < -0.4 is 10.1 Å². The van der Waals surface area contributed by atoms with E-state index >= 15 is 0 Å². The van der Waals surface area contributed by atoms with E-state index in [1.165, 1.54) is 19.2 Å². The molecule has 0 aliphatic rings. The highest BCUT2D eigenvalue weighted by atomic mass is 35.7. The Kier molecular flexibility index (Phi) is 6.63. The number of carbonyl (C=O) groups is 1. The number of rotatable bonds is 7. The first-order valence-corrected chi connectivity index (χ1v) is 9.96. The van der Waals surface area contributed by atoms with Crippen LogP contribution in [-0.2, 0) is 31.1 Å². The molecule has 0 fully saturated rings. The van der Waals surface area contributed by atoms with Crippen LogP contribution in [0.5, 0.6) is 5.75 Å². The van der Waals surface area contributed by atoms with Gasteiger partial charge in [0.05, 0.1) is 13.5 Å². The number of hydrogen-bond acceptors (Lipinski definition) is 5. The fourth-order valence-corrected chi connectivity index (χ4v) is 3.04. The largest absolute Gasteiger partial charge is 0.495 e. The predicted octanol–water partition coefficient (Wildman–Crippen LogP) is 0.660. The van der Waals surface area contributed by atoms with E-state index in [0.29, 0.717) is 17.9 Å². The van der Waals surface area contributed by atoms with E-state index in [2.05, 4.69) is 5.32 Å². The van der Waals surface area contributed by atoms with E-state index in [9.17, 15) is 17.4 Å². The maximum Gasteiger partial charge on any atom is 0.264 e. The molecule has 9 heteroatoms. The zero-order valence-electron chi connectivity index (χ0n) is 11.6. The van der Waals surface area contributed by atoms with Crippen molar-refractivity contribution < 1.29 is 22.2 Å². The van der Waals surface area contributed by atoms with Crippen molar-refractivity contribution in [3.05, 3.63) is 23.8 Å². The van der Waals surface area contributed by atoms with Crippen molar-refractivity contribution in [3.8, 4) is 5.75 Å². The Hall–Kier alpha value is -1.12. The van der Waals surface area contributed by atoms with Gasteiger partial charge in [-0.15, -0.1) is 0 Å². The third-order valence-electron chi connectivity index (χ3n) is 2.57. The van der Waals surface area contributed by atoms with Gasteiger partial charge in [-0.25, -0.2) is 8.42 Å². The van der Waals surface area contributed by atoms with Crippen molar-refractivity contribution >= 4 is 36.4 Å². The summed E-state index contributed by atoms with van der Waals surface area (Å²) >= 11 is 0. The summed E-state index contributed by atoms with van der Waals surface area (Å²) < 4.78 is 38.7. The van der Waals surface area contributed by atoms with E-state index in [4.69, 9.17) is 15.4 Å². The number of nitrogens with one attached hydrogen (secondary N) is 1. The molecule has 0 aliphatic heterocycles. The minimum absolute atomic E-state index is 0.000246. The van der Waals surface area contributed by atoms with Crippen molar-refractivity contribution in [1.29, 1.82) is 0 Å². The molecule has 0 saturated heterocycles. The molecule has 0 spiro atoms. The Balaban J connectivity index is 2.81. The fourth-order valence-electron chi connectivity index (χ4n) is 1.60. The topological polar surface area (TPSA) is 89.5 Å². The normalized spacial score (nSPS) is 12.7. The summed E-state index contributed by atoms with van der Waals surface area (Å²) in [5, 5.41) is 2.60. The van der Waals surface area contributed by atoms with Gasteiger partial charge in [0.25, 0.3) is 9.05 Å².